The third-order valence-corrected chi connectivity index (χ3v) is 1.91. The standard InChI is InChI=1S/C11H20N4O/c1-11(2,3)15-10(16)4-5-12-6-9-7-13-8-14-9/h7-8,12H,4-6H2,1-3H3,(H,13,14)(H,15,16). The lowest BCUT2D eigenvalue weighted by Crippen LogP contribution is -2.41. The lowest BCUT2D eigenvalue weighted by Gasteiger charge is -2.20. The lowest BCUT2D eigenvalue weighted by atomic mass is 10.1. The fraction of sp³-hybridized carbons (Fsp3) is 0.636. The van der Waals surface area contributed by atoms with E-state index < -0.39 is 0 Å². The Morgan fingerprint density at radius 1 is 1.50 bits per heavy atom. The first-order valence-corrected chi connectivity index (χ1v) is 5.46. The monoisotopic (exact) mass is 224 g/mol. The van der Waals surface area contributed by atoms with Gasteiger partial charge in [0.2, 0.25) is 5.91 Å². The average Bonchev–Trinajstić information content (AvgIpc) is 2.62. The number of rotatable bonds is 5. The van der Waals surface area contributed by atoms with E-state index in [0.717, 1.165) is 5.69 Å². The van der Waals surface area contributed by atoms with Gasteiger partial charge in [0.1, 0.15) is 0 Å². The number of H-pyrrole nitrogens is 1. The Morgan fingerprint density at radius 3 is 2.81 bits per heavy atom. The highest BCUT2D eigenvalue weighted by atomic mass is 16.1. The van der Waals surface area contributed by atoms with Gasteiger partial charge in [0.25, 0.3) is 0 Å². The molecule has 1 aromatic heterocycles. The zero-order valence-corrected chi connectivity index (χ0v) is 10.1. The third-order valence-electron chi connectivity index (χ3n) is 1.91. The Balaban J connectivity index is 2.09. The summed E-state index contributed by atoms with van der Waals surface area (Å²) in [5, 5.41) is 6.09. The van der Waals surface area contributed by atoms with E-state index >= 15 is 0 Å². The van der Waals surface area contributed by atoms with Crippen LogP contribution >= 0.6 is 0 Å². The summed E-state index contributed by atoms with van der Waals surface area (Å²) in [6.07, 6.45) is 3.90. The van der Waals surface area contributed by atoms with Crippen molar-refractivity contribution in [1.82, 2.24) is 20.6 Å². The van der Waals surface area contributed by atoms with E-state index in [1.165, 1.54) is 0 Å². The fourth-order valence-electron chi connectivity index (χ4n) is 1.29. The molecule has 16 heavy (non-hydrogen) atoms. The Bertz CT molecular complexity index is 313. The topological polar surface area (TPSA) is 69.8 Å². The van der Waals surface area contributed by atoms with Crippen molar-refractivity contribution < 1.29 is 4.79 Å². The number of carbonyl (C=O) groups is 1. The number of aromatic nitrogens is 2. The molecule has 90 valence electrons. The fourth-order valence-corrected chi connectivity index (χ4v) is 1.29. The van der Waals surface area contributed by atoms with E-state index in [0.29, 0.717) is 19.5 Å². The summed E-state index contributed by atoms with van der Waals surface area (Å²) in [4.78, 5) is 18.3. The zero-order valence-electron chi connectivity index (χ0n) is 10.1. The van der Waals surface area contributed by atoms with E-state index in [9.17, 15) is 4.79 Å². The van der Waals surface area contributed by atoms with E-state index in [4.69, 9.17) is 0 Å². The van der Waals surface area contributed by atoms with Crippen molar-refractivity contribution in [2.24, 2.45) is 0 Å². The second-order valence-corrected chi connectivity index (χ2v) is 4.80. The van der Waals surface area contributed by atoms with E-state index in [2.05, 4.69) is 20.6 Å². The minimum atomic E-state index is -0.152. The molecule has 5 nitrogen and oxygen atoms in total. The van der Waals surface area contributed by atoms with E-state index in [1.54, 1.807) is 12.5 Å². The number of carbonyl (C=O) groups excluding carboxylic acids is 1. The van der Waals surface area contributed by atoms with Crippen LogP contribution in [0.5, 0.6) is 0 Å². The molecule has 0 aliphatic rings. The first kappa shape index (κ1) is 12.7. The molecule has 0 aliphatic carbocycles. The summed E-state index contributed by atoms with van der Waals surface area (Å²) < 4.78 is 0. The number of nitrogens with zero attached hydrogens (tertiary/aromatic N) is 1. The van der Waals surface area contributed by atoms with Crippen molar-refractivity contribution in [3.05, 3.63) is 18.2 Å². The molecule has 0 bridgehead atoms. The Hall–Kier alpha value is -1.36. The van der Waals surface area contributed by atoms with Crippen LogP contribution in [0.4, 0.5) is 0 Å². The van der Waals surface area contributed by atoms with E-state index in [-0.39, 0.29) is 11.4 Å². The maximum Gasteiger partial charge on any atom is 0.221 e. The second kappa shape index (κ2) is 5.65. The van der Waals surface area contributed by atoms with Gasteiger partial charge in [-0.05, 0) is 20.8 Å². The van der Waals surface area contributed by atoms with Gasteiger partial charge in [-0.2, -0.15) is 0 Å². The molecule has 0 unspecified atom stereocenters. The van der Waals surface area contributed by atoms with Crippen LogP contribution in [-0.4, -0.2) is 28.0 Å². The molecule has 0 atom stereocenters. The highest BCUT2D eigenvalue weighted by Crippen LogP contribution is 1.98. The van der Waals surface area contributed by atoms with Gasteiger partial charge in [0.05, 0.1) is 6.33 Å². The Labute approximate surface area is 96.0 Å². The number of aromatic amines is 1. The van der Waals surface area contributed by atoms with Gasteiger partial charge in [-0.25, -0.2) is 4.98 Å². The molecule has 1 aromatic rings. The molecule has 0 fully saturated rings. The minimum absolute atomic E-state index is 0.0737. The first-order chi connectivity index (χ1) is 7.47. The molecule has 0 radical (unpaired) electrons. The normalized spacial score (nSPS) is 11.4. The summed E-state index contributed by atoms with van der Waals surface area (Å²) in [6, 6.07) is 0. The maximum atomic E-state index is 11.4. The van der Waals surface area contributed by atoms with Gasteiger partial charge in [-0.1, -0.05) is 0 Å². The maximum absolute atomic E-state index is 11.4. The van der Waals surface area contributed by atoms with Crippen LogP contribution in [0.15, 0.2) is 12.5 Å². The van der Waals surface area contributed by atoms with Crippen LogP contribution < -0.4 is 10.6 Å². The molecule has 0 spiro atoms. The predicted octanol–water partition coefficient (Wildman–Crippen LogP) is 0.804. The van der Waals surface area contributed by atoms with Crippen LogP contribution in [0.2, 0.25) is 0 Å². The molecule has 0 aliphatic heterocycles. The summed E-state index contributed by atoms with van der Waals surface area (Å²) in [6.45, 7) is 7.30. The molecular formula is C11H20N4O. The number of hydrogen-bond acceptors (Lipinski definition) is 3. The predicted molar refractivity (Wildman–Crippen MR) is 62.8 cm³/mol. The van der Waals surface area contributed by atoms with Crippen LogP contribution in [0.25, 0.3) is 0 Å². The molecule has 1 amide bonds. The molecule has 0 saturated heterocycles. The summed E-state index contributed by atoms with van der Waals surface area (Å²) >= 11 is 0. The number of imidazole rings is 1. The van der Waals surface area contributed by atoms with Crippen molar-refractivity contribution in [1.29, 1.82) is 0 Å². The van der Waals surface area contributed by atoms with Crippen LogP contribution in [0.3, 0.4) is 0 Å². The van der Waals surface area contributed by atoms with Crippen molar-refractivity contribution >= 4 is 5.91 Å². The van der Waals surface area contributed by atoms with Gasteiger partial charge < -0.3 is 15.6 Å². The quantitative estimate of drug-likeness (QED) is 0.648. The zero-order chi connectivity index (χ0) is 12.0. The number of amides is 1. The van der Waals surface area contributed by atoms with Gasteiger partial charge in [-0.15, -0.1) is 0 Å². The first-order valence-electron chi connectivity index (χ1n) is 5.46. The Morgan fingerprint density at radius 2 is 2.25 bits per heavy atom. The SMILES string of the molecule is CC(C)(C)NC(=O)CCNCc1cnc[nH]1. The van der Waals surface area contributed by atoms with Gasteiger partial charge in [-0.3, -0.25) is 4.79 Å². The van der Waals surface area contributed by atoms with E-state index in [1.807, 2.05) is 20.8 Å². The number of nitrogens with one attached hydrogen (secondary N) is 3. The number of hydrogen-bond donors (Lipinski definition) is 3. The summed E-state index contributed by atoms with van der Waals surface area (Å²) in [5.41, 5.74) is 0.872. The second-order valence-electron chi connectivity index (χ2n) is 4.80. The van der Waals surface area contributed by atoms with Crippen LogP contribution in [0.1, 0.15) is 32.9 Å². The van der Waals surface area contributed by atoms with Crippen molar-refractivity contribution in [2.75, 3.05) is 6.54 Å². The largest absolute Gasteiger partial charge is 0.351 e. The minimum Gasteiger partial charge on any atom is -0.351 e. The highest BCUT2D eigenvalue weighted by molar-refractivity contribution is 5.76. The Kier molecular flexibility index (Phi) is 4.49. The smallest absolute Gasteiger partial charge is 0.221 e. The highest BCUT2D eigenvalue weighted by Gasteiger charge is 2.12. The van der Waals surface area contributed by atoms with Crippen LogP contribution in [0, 0.1) is 0 Å². The molecule has 5 heteroatoms. The molecule has 1 heterocycles. The van der Waals surface area contributed by atoms with Crippen molar-refractivity contribution in [2.45, 2.75) is 39.3 Å². The molecule has 0 saturated carbocycles. The molecule has 1 rings (SSSR count). The molecular weight excluding hydrogens is 204 g/mol. The average molecular weight is 224 g/mol. The van der Waals surface area contributed by atoms with Gasteiger partial charge in [0, 0.05) is 36.9 Å². The molecule has 3 N–H and O–H groups in total. The third kappa shape index (κ3) is 5.50. The van der Waals surface area contributed by atoms with Crippen molar-refractivity contribution in [3.8, 4) is 0 Å². The summed E-state index contributed by atoms with van der Waals surface area (Å²) in [5.74, 6) is 0.0737. The van der Waals surface area contributed by atoms with Gasteiger partial charge in [0.15, 0.2) is 0 Å². The van der Waals surface area contributed by atoms with Crippen LogP contribution in [-0.2, 0) is 11.3 Å². The lowest BCUT2D eigenvalue weighted by molar-refractivity contribution is -0.122. The summed E-state index contributed by atoms with van der Waals surface area (Å²) in [7, 11) is 0. The molecule has 0 aromatic carbocycles. The van der Waals surface area contributed by atoms with Crippen molar-refractivity contribution in [3.63, 3.8) is 0 Å². The van der Waals surface area contributed by atoms with Gasteiger partial charge >= 0.3 is 0 Å².